The minimum absolute atomic E-state index is 0.297. The Labute approximate surface area is 98.8 Å². The van der Waals surface area contributed by atoms with Crippen molar-refractivity contribution in [2.24, 2.45) is 5.73 Å². The zero-order chi connectivity index (χ0) is 12.1. The summed E-state index contributed by atoms with van der Waals surface area (Å²) in [4.78, 5) is 0. The van der Waals surface area contributed by atoms with Crippen molar-refractivity contribution in [3.05, 3.63) is 28.8 Å². The van der Waals surface area contributed by atoms with Gasteiger partial charge in [0.2, 0.25) is 0 Å². The molecule has 1 aromatic rings. The summed E-state index contributed by atoms with van der Waals surface area (Å²) in [7, 11) is 1.74. The number of hydrogen-bond acceptors (Lipinski definition) is 2. The van der Waals surface area contributed by atoms with Gasteiger partial charge in [-0.15, -0.1) is 0 Å². The highest BCUT2D eigenvalue weighted by Crippen LogP contribution is 2.26. The van der Waals surface area contributed by atoms with E-state index in [4.69, 9.17) is 10.5 Å². The summed E-state index contributed by atoms with van der Waals surface area (Å²) in [6.45, 7) is 6.34. The molecule has 1 atom stereocenters. The Bertz CT molecular complexity index is 347. The molecule has 0 aliphatic heterocycles. The molecule has 1 aromatic carbocycles. The van der Waals surface area contributed by atoms with Crippen LogP contribution in [0.5, 0.6) is 5.75 Å². The lowest BCUT2D eigenvalue weighted by Crippen LogP contribution is -2.19. The highest BCUT2D eigenvalue weighted by molar-refractivity contribution is 5.43. The fourth-order valence-electron chi connectivity index (χ4n) is 2.07. The fourth-order valence-corrected chi connectivity index (χ4v) is 2.07. The van der Waals surface area contributed by atoms with Gasteiger partial charge in [0.1, 0.15) is 5.75 Å². The lowest BCUT2D eigenvalue weighted by molar-refractivity contribution is 0.405. The maximum absolute atomic E-state index is 5.95. The molecule has 0 bridgehead atoms. The molecule has 0 saturated heterocycles. The minimum atomic E-state index is 0.297. The molecule has 0 spiro atoms. The Balaban J connectivity index is 2.85. The molecule has 2 N–H and O–H groups in total. The van der Waals surface area contributed by atoms with Crippen molar-refractivity contribution in [2.45, 2.75) is 46.1 Å². The number of rotatable bonds is 5. The third-order valence-corrected chi connectivity index (χ3v) is 3.01. The van der Waals surface area contributed by atoms with E-state index in [9.17, 15) is 0 Å². The summed E-state index contributed by atoms with van der Waals surface area (Å²) in [5.41, 5.74) is 9.73. The third-order valence-electron chi connectivity index (χ3n) is 3.01. The summed E-state index contributed by atoms with van der Waals surface area (Å²) < 4.78 is 5.46. The normalized spacial score (nSPS) is 12.6. The zero-order valence-corrected chi connectivity index (χ0v) is 10.8. The zero-order valence-electron chi connectivity index (χ0n) is 10.8. The molecule has 2 nitrogen and oxygen atoms in total. The number of benzene rings is 1. The van der Waals surface area contributed by atoms with E-state index in [1.807, 2.05) is 0 Å². The lowest BCUT2D eigenvalue weighted by atomic mass is 9.99. The predicted molar refractivity (Wildman–Crippen MR) is 69.1 cm³/mol. The van der Waals surface area contributed by atoms with E-state index in [1.165, 1.54) is 16.7 Å². The van der Waals surface area contributed by atoms with Gasteiger partial charge in [0.05, 0.1) is 7.11 Å². The van der Waals surface area contributed by atoms with Crippen molar-refractivity contribution >= 4 is 0 Å². The first-order valence-corrected chi connectivity index (χ1v) is 5.98. The van der Waals surface area contributed by atoms with E-state index in [-0.39, 0.29) is 0 Å². The monoisotopic (exact) mass is 221 g/mol. The van der Waals surface area contributed by atoms with Crippen LogP contribution >= 0.6 is 0 Å². The number of hydrogen-bond donors (Lipinski definition) is 1. The van der Waals surface area contributed by atoms with Crippen LogP contribution in [0.1, 0.15) is 36.5 Å². The highest BCUT2D eigenvalue weighted by atomic mass is 16.5. The molecule has 0 aliphatic rings. The van der Waals surface area contributed by atoms with Crippen LogP contribution in [0.15, 0.2) is 12.1 Å². The molecule has 1 rings (SSSR count). The Morgan fingerprint density at radius 2 is 2.00 bits per heavy atom. The molecule has 0 aromatic heterocycles. The van der Waals surface area contributed by atoms with Crippen LogP contribution in [0.3, 0.4) is 0 Å². The molecule has 0 fully saturated rings. The predicted octanol–water partition coefficient (Wildman–Crippen LogP) is 2.98. The molecule has 2 heteroatoms. The molecule has 0 saturated carbocycles. The maximum atomic E-state index is 5.95. The Kier molecular flexibility index (Phi) is 4.81. The van der Waals surface area contributed by atoms with Gasteiger partial charge in [-0.05, 0) is 44.2 Å². The average molecular weight is 221 g/mol. The van der Waals surface area contributed by atoms with Gasteiger partial charge in [0, 0.05) is 6.04 Å². The van der Waals surface area contributed by atoms with E-state index in [0.717, 1.165) is 25.0 Å². The second kappa shape index (κ2) is 5.90. The van der Waals surface area contributed by atoms with Crippen LogP contribution in [0, 0.1) is 13.8 Å². The van der Waals surface area contributed by atoms with Gasteiger partial charge in [-0.1, -0.05) is 24.6 Å². The Morgan fingerprint density at radius 1 is 1.31 bits per heavy atom. The number of methoxy groups -OCH3 is 1. The molecule has 0 radical (unpaired) electrons. The first kappa shape index (κ1) is 13.0. The van der Waals surface area contributed by atoms with Crippen molar-refractivity contribution in [3.8, 4) is 5.75 Å². The maximum Gasteiger partial charge on any atom is 0.124 e. The first-order chi connectivity index (χ1) is 7.58. The number of ether oxygens (including phenoxy) is 1. The van der Waals surface area contributed by atoms with Crippen LogP contribution in [0.4, 0.5) is 0 Å². The minimum Gasteiger partial charge on any atom is -0.496 e. The number of aryl methyl sites for hydroxylation is 3. The van der Waals surface area contributed by atoms with Gasteiger partial charge in [0.15, 0.2) is 0 Å². The second-order valence-corrected chi connectivity index (χ2v) is 4.48. The van der Waals surface area contributed by atoms with E-state index in [2.05, 4.69) is 32.9 Å². The second-order valence-electron chi connectivity index (χ2n) is 4.48. The van der Waals surface area contributed by atoms with E-state index < -0.39 is 0 Å². The summed E-state index contributed by atoms with van der Waals surface area (Å²) in [5, 5.41) is 0. The lowest BCUT2D eigenvalue weighted by Gasteiger charge is -2.14. The van der Waals surface area contributed by atoms with Gasteiger partial charge in [-0.3, -0.25) is 0 Å². The molecule has 90 valence electrons. The Morgan fingerprint density at radius 3 is 2.56 bits per heavy atom. The quantitative estimate of drug-likeness (QED) is 0.829. The highest BCUT2D eigenvalue weighted by Gasteiger charge is 2.08. The van der Waals surface area contributed by atoms with Crippen molar-refractivity contribution in [2.75, 3.05) is 7.11 Å². The van der Waals surface area contributed by atoms with Gasteiger partial charge in [-0.2, -0.15) is 0 Å². The number of nitrogens with two attached hydrogens (primary N) is 1. The SMILES string of the molecule is CCC(N)CCc1cc(C)cc(C)c1OC. The van der Waals surface area contributed by atoms with Gasteiger partial charge in [-0.25, -0.2) is 0 Å². The van der Waals surface area contributed by atoms with Crippen LogP contribution in [-0.4, -0.2) is 13.2 Å². The third kappa shape index (κ3) is 3.24. The molecular formula is C14H23NO. The largest absolute Gasteiger partial charge is 0.496 e. The topological polar surface area (TPSA) is 35.2 Å². The van der Waals surface area contributed by atoms with E-state index in [1.54, 1.807) is 7.11 Å². The van der Waals surface area contributed by atoms with Crippen molar-refractivity contribution in [1.29, 1.82) is 0 Å². The summed E-state index contributed by atoms with van der Waals surface area (Å²) in [5.74, 6) is 1.02. The summed E-state index contributed by atoms with van der Waals surface area (Å²) >= 11 is 0. The van der Waals surface area contributed by atoms with Gasteiger partial charge >= 0.3 is 0 Å². The first-order valence-electron chi connectivity index (χ1n) is 5.98. The van der Waals surface area contributed by atoms with Crippen LogP contribution in [0.2, 0.25) is 0 Å². The van der Waals surface area contributed by atoms with Gasteiger partial charge in [0.25, 0.3) is 0 Å². The van der Waals surface area contributed by atoms with Crippen LogP contribution < -0.4 is 10.5 Å². The summed E-state index contributed by atoms with van der Waals surface area (Å²) in [6.07, 6.45) is 3.06. The molecular weight excluding hydrogens is 198 g/mol. The molecule has 16 heavy (non-hydrogen) atoms. The standard InChI is InChI=1S/C14H23NO/c1-5-13(15)7-6-12-9-10(2)8-11(3)14(12)16-4/h8-9,13H,5-7,15H2,1-4H3. The molecule has 0 amide bonds. The van der Waals surface area contributed by atoms with Crippen LogP contribution in [0.25, 0.3) is 0 Å². The smallest absolute Gasteiger partial charge is 0.124 e. The molecule has 1 unspecified atom stereocenters. The fraction of sp³-hybridized carbons (Fsp3) is 0.571. The Hall–Kier alpha value is -1.02. The molecule has 0 heterocycles. The van der Waals surface area contributed by atoms with Crippen molar-refractivity contribution < 1.29 is 4.74 Å². The van der Waals surface area contributed by atoms with Crippen molar-refractivity contribution in [1.82, 2.24) is 0 Å². The van der Waals surface area contributed by atoms with E-state index in [0.29, 0.717) is 6.04 Å². The van der Waals surface area contributed by atoms with Crippen molar-refractivity contribution in [3.63, 3.8) is 0 Å². The average Bonchev–Trinajstić information content (AvgIpc) is 2.25. The van der Waals surface area contributed by atoms with Gasteiger partial charge < -0.3 is 10.5 Å². The molecule has 0 aliphatic carbocycles. The van der Waals surface area contributed by atoms with E-state index >= 15 is 0 Å². The van der Waals surface area contributed by atoms with Crippen LogP contribution in [-0.2, 0) is 6.42 Å². The summed E-state index contributed by atoms with van der Waals surface area (Å²) in [6, 6.07) is 4.65.